The zero-order valence-electron chi connectivity index (χ0n) is 11.4. The quantitative estimate of drug-likeness (QED) is 0.902. The molecule has 0 saturated carbocycles. The Labute approximate surface area is 125 Å². The number of carbonyl (C=O) groups excluding carboxylic acids is 1. The summed E-state index contributed by atoms with van der Waals surface area (Å²) < 4.78 is 0. The number of aryl methyl sites for hydroxylation is 2. The molecular weight excluding hydrogens is 280 g/mol. The first kappa shape index (κ1) is 16.3. The van der Waals surface area contributed by atoms with Crippen molar-refractivity contribution >= 4 is 35.8 Å². The van der Waals surface area contributed by atoms with Gasteiger partial charge in [-0.1, -0.05) is 6.07 Å². The van der Waals surface area contributed by atoms with Crippen molar-refractivity contribution in [1.82, 2.24) is 5.32 Å². The van der Waals surface area contributed by atoms with Gasteiger partial charge in [0.25, 0.3) is 0 Å². The summed E-state index contributed by atoms with van der Waals surface area (Å²) >= 11 is 1.91. The van der Waals surface area contributed by atoms with Crippen molar-refractivity contribution in [2.45, 2.75) is 26.3 Å². The topological polar surface area (TPSA) is 41.1 Å². The zero-order valence-corrected chi connectivity index (χ0v) is 13.0. The predicted molar refractivity (Wildman–Crippen MR) is 85.5 cm³/mol. The standard InChI is InChI=1S/C14H20N2OS.ClH/c1-10-5-11(2)7-12(6-10)16-14(17)8-13-9-18-4-3-15-13;/h5-7,13,15H,3-4,8-9H2,1-2H3,(H,16,17);1H. The lowest BCUT2D eigenvalue weighted by molar-refractivity contribution is -0.116. The molecule has 0 aliphatic carbocycles. The molecule has 0 bridgehead atoms. The van der Waals surface area contributed by atoms with Gasteiger partial charge in [0.1, 0.15) is 0 Å². The number of hydrogen-bond donors (Lipinski definition) is 2. The average molecular weight is 301 g/mol. The van der Waals surface area contributed by atoms with E-state index < -0.39 is 0 Å². The van der Waals surface area contributed by atoms with Crippen LogP contribution in [0.1, 0.15) is 17.5 Å². The number of anilines is 1. The van der Waals surface area contributed by atoms with Crippen LogP contribution >= 0.6 is 24.2 Å². The number of hydrogen-bond acceptors (Lipinski definition) is 3. The highest BCUT2D eigenvalue weighted by atomic mass is 35.5. The zero-order chi connectivity index (χ0) is 13.0. The number of carbonyl (C=O) groups is 1. The molecule has 0 aromatic heterocycles. The van der Waals surface area contributed by atoms with Gasteiger partial charge in [-0.05, 0) is 37.1 Å². The predicted octanol–water partition coefficient (Wildman–Crippen LogP) is 2.76. The van der Waals surface area contributed by atoms with E-state index in [1.807, 2.05) is 37.7 Å². The Morgan fingerprint density at radius 1 is 1.37 bits per heavy atom. The summed E-state index contributed by atoms with van der Waals surface area (Å²) in [7, 11) is 0. The summed E-state index contributed by atoms with van der Waals surface area (Å²) in [5.41, 5.74) is 3.26. The second-order valence-electron chi connectivity index (χ2n) is 4.85. The number of amides is 1. The maximum Gasteiger partial charge on any atom is 0.225 e. The molecule has 1 aromatic carbocycles. The van der Waals surface area contributed by atoms with Crippen LogP contribution in [0.25, 0.3) is 0 Å². The first-order valence-electron chi connectivity index (χ1n) is 6.33. The van der Waals surface area contributed by atoms with E-state index in [1.54, 1.807) is 0 Å². The van der Waals surface area contributed by atoms with Gasteiger partial charge in [-0.15, -0.1) is 12.4 Å². The smallest absolute Gasteiger partial charge is 0.225 e. The van der Waals surface area contributed by atoms with Crippen LogP contribution in [0.4, 0.5) is 5.69 Å². The SMILES string of the molecule is Cc1cc(C)cc(NC(=O)CC2CSCCN2)c1.Cl. The van der Waals surface area contributed by atoms with Gasteiger partial charge in [-0.25, -0.2) is 0 Å². The van der Waals surface area contributed by atoms with Crippen LogP contribution < -0.4 is 10.6 Å². The molecule has 1 saturated heterocycles. The lowest BCUT2D eigenvalue weighted by Crippen LogP contribution is -2.39. The molecule has 1 amide bonds. The maximum atomic E-state index is 11.9. The second-order valence-corrected chi connectivity index (χ2v) is 6.00. The minimum absolute atomic E-state index is 0. The summed E-state index contributed by atoms with van der Waals surface area (Å²) in [6.45, 7) is 5.09. The van der Waals surface area contributed by atoms with Crippen LogP contribution in [0.15, 0.2) is 18.2 Å². The summed E-state index contributed by atoms with van der Waals surface area (Å²) in [5.74, 6) is 2.27. The molecule has 1 heterocycles. The van der Waals surface area contributed by atoms with Gasteiger partial charge in [0.05, 0.1) is 0 Å². The van der Waals surface area contributed by atoms with Crippen LogP contribution in [0.5, 0.6) is 0 Å². The molecule has 3 nitrogen and oxygen atoms in total. The van der Waals surface area contributed by atoms with Gasteiger partial charge in [-0.3, -0.25) is 4.79 Å². The third-order valence-electron chi connectivity index (χ3n) is 2.94. The van der Waals surface area contributed by atoms with E-state index in [9.17, 15) is 4.79 Å². The number of thioether (sulfide) groups is 1. The van der Waals surface area contributed by atoms with E-state index in [1.165, 1.54) is 11.1 Å². The van der Waals surface area contributed by atoms with E-state index >= 15 is 0 Å². The van der Waals surface area contributed by atoms with Crippen molar-refractivity contribution in [1.29, 1.82) is 0 Å². The Hall–Kier alpha value is -0.710. The Morgan fingerprint density at radius 2 is 2.05 bits per heavy atom. The van der Waals surface area contributed by atoms with E-state index in [0.29, 0.717) is 12.5 Å². The molecule has 5 heteroatoms. The summed E-state index contributed by atoms with van der Waals surface area (Å²) in [6, 6.07) is 6.44. The molecule has 1 aliphatic rings. The molecule has 19 heavy (non-hydrogen) atoms. The van der Waals surface area contributed by atoms with Crippen molar-refractivity contribution in [3.8, 4) is 0 Å². The van der Waals surface area contributed by atoms with Gasteiger partial charge < -0.3 is 10.6 Å². The van der Waals surface area contributed by atoms with Crippen LogP contribution in [-0.4, -0.2) is 30.0 Å². The van der Waals surface area contributed by atoms with Crippen LogP contribution in [0, 0.1) is 13.8 Å². The lowest BCUT2D eigenvalue weighted by Gasteiger charge is -2.22. The third kappa shape index (κ3) is 5.43. The highest BCUT2D eigenvalue weighted by Crippen LogP contribution is 2.15. The lowest BCUT2D eigenvalue weighted by atomic mass is 10.1. The van der Waals surface area contributed by atoms with Crippen LogP contribution in [0.2, 0.25) is 0 Å². The van der Waals surface area contributed by atoms with Crippen molar-refractivity contribution in [3.63, 3.8) is 0 Å². The third-order valence-corrected chi connectivity index (χ3v) is 4.07. The van der Waals surface area contributed by atoms with Gasteiger partial charge in [0, 0.05) is 36.2 Å². The highest BCUT2D eigenvalue weighted by Gasteiger charge is 2.16. The van der Waals surface area contributed by atoms with E-state index in [2.05, 4.69) is 16.7 Å². The average Bonchev–Trinajstić information content (AvgIpc) is 2.28. The highest BCUT2D eigenvalue weighted by molar-refractivity contribution is 7.99. The fourth-order valence-corrected chi connectivity index (χ4v) is 3.18. The Morgan fingerprint density at radius 3 is 2.63 bits per heavy atom. The number of rotatable bonds is 3. The monoisotopic (exact) mass is 300 g/mol. The first-order chi connectivity index (χ1) is 8.63. The molecule has 2 rings (SSSR count). The minimum Gasteiger partial charge on any atom is -0.326 e. The second kappa shape index (κ2) is 7.78. The minimum atomic E-state index is 0. The van der Waals surface area contributed by atoms with Crippen molar-refractivity contribution in [2.24, 2.45) is 0 Å². The molecule has 1 aromatic rings. The molecule has 1 aliphatic heterocycles. The summed E-state index contributed by atoms with van der Waals surface area (Å²) in [6.07, 6.45) is 0.556. The Bertz CT molecular complexity index is 413. The summed E-state index contributed by atoms with van der Waals surface area (Å²) in [4.78, 5) is 11.9. The van der Waals surface area contributed by atoms with E-state index in [4.69, 9.17) is 0 Å². The number of halogens is 1. The largest absolute Gasteiger partial charge is 0.326 e. The fraction of sp³-hybridized carbons (Fsp3) is 0.500. The van der Waals surface area contributed by atoms with Gasteiger partial charge in [-0.2, -0.15) is 11.8 Å². The normalized spacial score (nSPS) is 18.5. The first-order valence-corrected chi connectivity index (χ1v) is 7.48. The van der Waals surface area contributed by atoms with E-state index in [0.717, 1.165) is 23.7 Å². The Kier molecular flexibility index (Phi) is 6.69. The van der Waals surface area contributed by atoms with Crippen molar-refractivity contribution in [3.05, 3.63) is 29.3 Å². The number of nitrogens with one attached hydrogen (secondary N) is 2. The molecule has 1 unspecified atom stereocenters. The molecule has 106 valence electrons. The van der Waals surface area contributed by atoms with Crippen molar-refractivity contribution in [2.75, 3.05) is 23.4 Å². The number of benzene rings is 1. The van der Waals surface area contributed by atoms with Crippen LogP contribution in [0.3, 0.4) is 0 Å². The Balaban J connectivity index is 0.00000180. The van der Waals surface area contributed by atoms with Crippen molar-refractivity contribution < 1.29 is 4.79 Å². The maximum absolute atomic E-state index is 11.9. The molecular formula is C14H21ClN2OS. The van der Waals surface area contributed by atoms with Crippen LogP contribution in [-0.2, 0) is 4.79 Å². The molecule has 1 atom stereocenters. The molecule has 0 radical (unpaired) electrons. The fourth-order valence-electron chi connectivity index (χ4n) is 2.23. The molecule has 0 spiro atoms. The van der Waals surface area contributed by atoms with Gasteiger partial charge in [0.2, 0.25) is 5.91 Å². The summed E-state index contributed by atoms with van der Waals surface area (Å²) in [5, 5.41) is 6.36. The van der Waals surface area contributed by atoms with E-state index in [-0.39, 0.29) is 18.3 Å². The van der Waals surface area contributed by atoms with Gasteiger partial charge >= 0.3 is 0 Å². The molecule has 2 N–H and O–H groups in total. The molecule has 1 fully saturated rings. The van der Waals surface area contributed by atoms with Gasteiger partial charge in [0.15, 0.2) is 0 Å².